The Morgan fingerprint density at radius 3 is 2.30 bits per heavy atom. The minimum atomic E-state index is -0.209. The van der Waals surface area contributed by atoms with Gasteiger partial charge in [-0.3, -0.25) is 4.79 Å². The molecule has 0 saturated heterocycles. The van der Waals surface area contributed by atoms with Crippen molar-refractivity contribution in [1.29, 1.82) is 0 Å². The molecule has 102 valence electrons. The van der Waals surface area contributed by atoms with Crippen molar-refractivity contribution >= 4 is 27.5 Å². The van der Waals surface area contributed by atoms with Crippen molar-refractivity contribution in [3.05, 3.63) is 71.3 Å². The molecular weight excluding hydrogens is 316 g/mol. The molecule has 0 unspecified atom stereocenters. The van der Waals surface area contributed by atoms with E-state index >= 15 is 0 Å². The number of nitrogens with one attached hydrogen (secondary N) is 1. The molecule has 0 aromatic heterocycles. The summed E-state index contributed by atoms with van der Waals surface area (Å²) in [6.45, 7) is 1.98. The van der Waals surface area contributed by atoms with Crippen LogP contribution >= 0.6 is 15.9 Å². The van der Waals surface area contributed by atoms with E-state index in [-0.39, 0.29) is 5.91 Å². The van der Waals surface area contributed by atoms with Crippen LogP contribution in [0.1, 0.15) is 21.5 Å². The molecule has 1 N–H and O–H groups in total. The van der Waals surface area contributed by atoms with Crippen LogP contribution in [0.2, 0.25) is 0 Å². The first-order valence-electron chi connectivity index (χ1n) is 6.25. The van der Waals surface area contributed by atoms with E-state index in [9.17, 15) is 4.79 Å². The Morgan fingerprint density at radius 2 is 1.70 bits per heavy atom. The molecule has 2 aromatic carbocycles. The third-order valence-corrected chi connectivity index (χ3v) is 3.37. The van der Waals surface area contributed by atoms with Gasteiger partial charge in [-0.05, 0) is 24.6 Å². The maximum atomic E-state index is 12.0. The Morgan fingerprint density at radius 1 is 1.05 bits per heavy atom. The summed E-state index contributed by atoms with van der Waals surface area (Å²) in [6.07, 6.45) is 0. The van der Waals surface area contributed by atoms with Crippen LogP contribution in [0, 0.1) is 6.92 Å². The molecule has 20 heavy (non-hydrogen) atoms. The van der Waals surface area contributed by atoms with Gasteiger partial charge in [0.1, 0.15) is 0 Å². The predicted octanol–water partition coefficient (Wildman–Crippen LogP) is 3.52. The maximum Gasteiger partial charge on any atom is 0.271 e. The lowest BCUT2D eigenvalue weighted by Gasteiger charge is -2.05. The highest BCUT2D eigenvalue weighted by atomic mass is 79.9. The predicted molar refractivity (Wildman–Crippen MR) is 85.4 cm³/mol. The van der Waals surface area contributed by atoms with Crippen molar-refractivity contribution in [2.24, 2.45) is 5.10 Å². The fraction of sp³-hybridized carbons (Fsp3) is 0.125. The van der Waals surface area contributed by atoms with Gasteiger partial charge in [-0.25, -0.2) is 5.43 Å². The van der Waals surface area contributed by atoms with Crippen molar-refractivity contribution in [2.75, 3.05) is 5.33 Å². The van der Waals surface area contributed by atoms with Gasteiger partial charge in [-0.15, -0.1) is 0 Å². The van der Waals surface area contributed by atoms with Crippen LogP contribution in [0.15, 0.2) is 59.7 Å². The Bertz CT molecular complexity index is 606. The molecule has 0 spiro atoms. The molecule has 0 bridgehead atoms. The molecule has 0 heterocycles. The molecule has 0 aliphatic heterocycles. The van der Waals surface area contributed by atoms with Crippen LogP contribution in [0.3, 0.4) is 0 Å². The second-order valence-electron chi connectivity index (χ2n) is 4.37. The fourth-order valence-corrected chi connectivity index (χ4v) is 2.14. The highest BCUT2D eigenvalue weighted by Crippen LogP contribution is 2.05. The van der Waals surface area contributed by atoms with E-state index in [1.54, 1.807) is 12.1 Å². The van der Waals surface area contributed by atoms with E-state index in [0.29, 0.717) is 10.9 Å². The lowest BCUT2D eigenvalue weighted by molar-refractivity contribution is 0.0955. The number of hydrogen-bond acceptors (Lipinski definition) is 2. The molecule has 1 amide bonds. The Hall–Kier alpha value is -1.94. The van der Waals surface area contributed by atoms with Gasteiger partial charge in [0.25, 0.3) is 5.91 Å². The zero-order valence-electron chi connectivity index (χ0n) is 11.1. The number of carbonyl (C=O) groups excluding carboxylic acids is 1. The first-order valence-corrected chi connectivity index (χ1v) is 7.38. The van der Waals surface area contributed by atoms with Crippen LogP contribution < -0.4 is 5.43 Å². The zero-order valence-corrected chi connectivity index (χ0v) is 12.7. The van der Waals surface area contributed by atoms with Gasteiger partial charge < -0.3 is 0 Å². The van der Waals surface area contributed by atoms with Gasteiger partial charge in [-0.1, -0.05) is 64.0 Å². The standard InChI is InChI=1S/C16H15BrN2O/c1-12-7-9-14(10-8-12)16(20)19-18-15(11-17)13-5-3-2-4-6-13/h2-10H,11H2,1H3,(H,19,20)/b18-15+. The quantitative estimate of drug-likeness (QED) is 0.520. The molecule has 2 rings (SSSR count). The molecule has 0 aliphatic rings. The van der Waals surface area contributed by atoms with E-state index in [4.69, 9.17) is 0 Å². The average molecular weight is 331 g/mol. The molecule has 0 radical (unpaired) electrons. The number of aryl methyl sites for hydroxylation is 1. The second kappa shape index (κ2) is 7.01. The maximum absolute atomic E-state index is 12.0. The average Bonchev–Trinajstić information content (AvgIpc) is 2.49. The van der Waals surface area contributed by atoms with Crippen LogP contribution in [0.5, 0.6) is 0 Å². The Balaban J connectivity index is 2.11. The van der Waals surface area contributed by atoms with Crippen molar-refractivity contribution in [1.82, 2.24) is 5.43 Å². The van der Waals surface area contributed by atoms with Crippen LogP contribution in [-0.4, -0.2) is 16.9 Å². The molecule has 4 heteroatoms. The highest BCUT2D eigenvalue weighted by Gasteiger charge is 2.05. The van der Waals surface area contributed by atoms with Gasteiger partial charge in [0.15, 0.2) is 0 Å². The van der Waals surface area contributed by atoms with E-state index < -0.39 is 0 Å². The van der Waals surface area contributed by atoms with Crippen LogP contribution in [-0.2, 0) is 0 Å². The van der Waals surface area contributed by atoms with E-state index in [2.05, 4.69) is 26.5 Å². The number of amides is 1. The summed E-state index contributed by atoms with van der Waals surface area (Å²) in [5.74, 6) is -0.209. The van der Waals surface area contributed by atoms with Crippen molar-refractivity contribution in [3.8, 4) is 0 Å². The summed E-state index contributed by atoms with van der Waals surface area (Å²) >= 11 is 3.39. The van der Waals surface area contributed by atoms with Crippen molar-refractivity contribution in [3.63, 3.8) is 0 Å². The van der Waals surface area contributed by atoms with Gasteiger partial charge in [-0.2, -0.15) is 5.10 Å². The summed E-state index contributed by atoms with van der Waals surface area (Å²) in [5, 5.41) is 4.76. The van der Waals surface area contributed by atoms with E-state index in [1.807, 2.05) is 49.4 Å². The molecule has 3 nitrogen and oxygen atoms in total. The molecular formula is C16H15BrN2O. The number of halogens is 1. The van der Waals surface area contributed by atoms with Crippen molar-refractivity contribution in [2.45, 2.75) is 6.92 Å². The van der Waals surface area contributed by atoms with E-state index in [1.165, 1.54) is 0 Å². The number of carbonyl (C=O) groups is 1. The normalized spacial score (nSPS) is 11.2. The second-order valence-corrected chi connectivity index (χ2v) is 4.93. The zero-order chi connectivity index (χ0) is 14.4. The van der Waals surface area contributed by atoms with Gasteiger partial charge in [0.05, 0.1) is 5.71 Å². The van der Waals surface area contributed by atoms with Gasteiger partial charge in [0.2, 0.25) is 0 Å². The molecule has 0 aliphatic carbocycles. The van der Waals surface area contributed by atoms with Crippen LogP contribution in [0.4, 0.5) is 0 Å². The summed E-state index contributed by atoms with van der Waals surface area (Å²) < 4.78 is 0. The molecule has 0 saturated carbocycles. The number of hydrazone groups is 1. The summed E-state index contributed by atoms with van der Waals surface area (Å²) in [5.41, 5.74) is 6.07. The third kappa shape index (κ3) is 3.78. The SMILES string of the molecule is Cc1ccc(C(=O)N/N=C(\CBr)c2ccccc2)cc1. The number of benzene rings is 2. The summed E-state index contributed by atoms with van der Waals surface area (Å²) in [6, 6.07) is 17.1. The van der Waals surface area contributed by atoms with Gasteiger partial charge >= 0.3 is 0 Å². The number of nitrogens with zero attached hydrogens (tertiary/aromatic N) is 1. The van der Waals surface area contributed by atoms with E-state index in [0.717, 1.165) is 16.8 Å². The summed E-state index contributed by atoms with van der Waals surface area (Å²) in [4.78, 5) is 12.0. The lowest BCUT2D eigenvalue weighted by Crippen LogP contribution is -2.20. The first-order chi connectivity index (χ1) is 9.70. The molecule has 0 fully saturated rings. The van der Waals surface area contributed by atoms with Crippen molar-refractivity contribution < 1.29 is 4.79 Å². The monoisotopic (exact) mass is 330 g/mol. The first kappa shape index (κ1) is 14.5. The van der Waals surface area contributed by atoms with Gasteiger partial charge in [0, 0.05) is 10.9 Å². The van der Waals surface area contributed by atoms with Crippen LogP contribution in [0.25, 0.3) is 0 Å². The largest absolute Gasteiger partial charge is 0.271 e. The molecule has 0 atom stereocenters. The topological polar surface area (TPSA) is 41.5 Å². The smallest absolute Gasteiger partial charge is 0.267 e. The Kier molecular flexibility index (Phi) is 5.07. The highest BCUT2D eigenvalue weighted by molar-refractivity contribution is 9.09. The molecule has 2 aromatic rings. The summed E-state index contributed by atoms with van der Waals surface area (Å²) in [7, 11) is 0. The Labute approximate surface area is 126 Å². The lowest BCUT2D eigenvalue weighted by atomic mass is 10.1. The fourth-order valence-electron chi connectivity index (χ4n) is 1.69. The minimum absolute atomic E-state index is 0.209. The number of hydrogen-bond donors (Lipinski definition) is 1. The third-order valence-electron chi connectivity index (χ3n) is 2.84. The number of rotatable bonds is 4. The number of alkyl halides is 1. The minimum Gasteiger partial charge on any atom is -0.267 e.